The maximum Gasteiger partial charge on any atom is 0.269 e. The Morgan fingerprint density at radius 3 is 2.74 bits per heavy atom. The average molecular weight is 335 g/mol. The van der Waals surface area contributed by atoms with Crippen LogP contribution in [-0.4, -0.2) is 31.3 Å². The second-order valence-corrected chi connectivity index (χ2v) is 5.81. The Morgan fingerprint density at radius 2 is 2.13 bits per heavy atom. The topological polar surface area (TPSA) is 103 Å². The van der Waals surface area contributed by atoms with Gasteiger partial charge >= 0.3 is 0 Å². The number of nitrogens with one attached hydrogen (secondary N) is 1. The first kappa shape index (κ1) is 16.9. The molecule has 1 amide bonds. The molecule has 1 heterocycles. The molecular weight excluding hydrogens is 318 g/mol. The Bertz CT molecular complexity index is 744. The van der Waals surface area contributed by atoms with E-state index in [1.807, 2.05) is 18.4 Å². The number of thioether (sulfide) groups is 1. The zero-order chi connectivity index (χ0) is 17.0. The van der Waals surface area contributed by atoms with Gasteiger partial charge in [0, 0.05) is 24.4 Å². The molecule has 122 valence electrons. The van der Waals surface area contributed by atoms with Gasteiger partial charge in [-0.3, -0.25) is 14.9 Å². The fourth-order valence-electron chi connectivity index (χ4n) is 2.05. The molecule has 2 aromatic rings. The zero-order valence-corrected chi connectivity index (χ0v) is 13.9. The molecule has 0 bridgehead atoms. The van der Waals surface area contributed by atoms with Gasteiger partial charge in [0.05, 0.1) is 10.7 Å². The number of amides is 1. The molecule has 0 atom stereocenters. The van der Waals surface area contributed by atoms with Gasteiger partial charge in [-0.25, -0.2) is 0 Å². The highest BCUT2D eigenvalue weighted by atomic mass is 32.2. The van der Waals surface area contributed by atoms with Crippen LogP contribution < -0.4 is 5.32 Å². The zero-order valence-electron chi connectivity index (χ0n) is 13.1. The van der Waals surface area contributed by atoms with Gasteiger partial charge in [0.2, 0.25) is 5.91 Å². The third-order valence-corrected chi connectivity index (χ3v) is 4.21. The highest BCUT2D eigenvalue weighted by Gasteiger charge is 2.13. The van der Waals surface area contributed by atoms with Gasteiger partial charge in [-0.05, 0) is 32.4 Å². The van der Waals surface area contributed by atoms with E-state index in [0.29, 0.717) is 16.4 Å². The number of anilines is 1. The molecule has 0 fully saturated rings. The maximum absolute atomic E-state index is 12.0. The summed E-state index contributed by atoms with van der Waals surface area (Å²) in [5.41, 5.74) is 1.21. The third kappa shape index (κ3) is 4.07. The fourth-order valence-corrected chi connectivity index (χ4v) is 2.90. The van der Waals surface area contributed by atoms with Crippen molar-refractivity contribution in [3.63, 3.8) is 0 Å². The number of hydrogen-bond acceptors (Lipinski definition) is 6. The summed E-state index contributed by atoms with van der Waals surface area (Å²) in [6, 6.07) is 4.33. The molecule has 2 rings (SSSR count). The normalized spacial score (nSPS) is 10.6. The number of nitrogens with zero attached hydrogens (tertiary/aromatic N) is 4. The van der Waals surface area contributed by atoms with Crippen LogP contribution in [0.2, 0.25) is 0 Å². The van der Waals surface area contributed by atoms with Crippen LogP contribution in [-0.2, 0) is 11.3 Å². The first-order valence-corrected chi connectivity index (χ1v) is 7.98. The Kier molecular flexibility index (Phi) is 5.32. The number of aryl methyl sites for hydroxylation is 2. The Morgan fingerprint density at radius 1 is 1.39 bits per heavy atom. The van der Waals surface area contributed by atoms with Crippen molar-refractivity contribution in [1.29, 1.82) is 0 Å². The molecule has 0 aliphatic rings. The highest BCUT2D eigenvalue weighted by Crippen LogP contribution is 2.22. The van der Waals surface area contributed by atoms with Gasteiger partial charge < -0.3 is 9.88 Å². The van der Waals surface area contributed by atoms with E-state index in [1.165, 1.54) is 30.0 Å². The molecule has 0 unspecified atom stereocenters. The molecule has 1 aromatic heterocycles. The second-order valence-electron chi connectivity index (χ2n) is 4.87. The van der Waals surface area contributed by atoms with Crippen molar-refractivity contribution in [3.05, 3.63) is 39.7 Å². The molecule has 0 aliphatic heterocycles. The number of nitro benzene ring substituents is 1. The number of benzene rings is 1. The quantitative estimate of drug-likeness (QED) is 0.494. The Hall–Kier alpha value is -2.42. The second kappa shape index (κ2) is 7.23. The fraction of sp³-hybridized carbons (Fsp3) is 0.357. The summed E-state index contributed by atoms with van der Waals surface area (Å²) < 4.78 is 1.93. The van der Waals surface area contributed by atoms with E-state index in [9.17, 15) is 14.9 Å². The number of nitro groups is 1. The molecule has 0 radical (unpaired) electrons. The number of hydrogen-bond donors (Lipinski definition) is 1. The van der Waals surface area contributed by atoms with Gasteiger partial charge in [0.25, 0.3) is 5.69 Å². The minimum Gasteiger partial charge on any atom is -0.325 e. The van der Waals surface area contributed by atoms with Crippen LogP contribution in [0.3, 0.4) is 0 Å². The SMILES string of the molecule is CCn1c(C)nnc1SCC(=O)Nc1ccc([N+](=O)[O-])cc1C. The minimum atomic E-state index is -0.464. The molecule has 0 saturated carbocycles. The Labute approximate surface area is 137 Å². The molecule has 0 spiro atoms. The van der Waals surface area contributed by atoms with Gasteiger partial charge in [-0.2, -0.15) is 0 Å². The first-order valence-electron chi connectivity index (χ1n) is 7.00. The molecule has 0 aliphatic carbocycles. The van der Waals surface area contributed by atoms with Crippen LogP contribution in [0.5, 0.6) is 0 Å². The van der Waals surface area contributed by atoms with E-state index in [1.54, 1.807) is 6.92 Å². The largest absolute Gasteiger partial charge is 0.325 e. The lowest BCUT2D eigenvalue weighted by Gasteiger charge is -2.08. The minimum absolute atomic E-state index is 0.00129. The van der Waals surface area contributed by atoms with Crippen LogP contribution in [0.4, 0.5) is 11.4 Å². The highest BCUT2D eigenvalue weighted by molar-refractivity contribution is 7.99. The summed E-state index contributed by atoms with van der Waals surface area (Å²) in [7, 11) is 0. The van der Waals surface area contributed by atoms with Crippen LogP contribution in [0.1, 0.15) is 18.3 Å². The van der Waals surface area contributed by atoms with E-state index < -0.39 is 4.92 Å². The summed E-state index contributed by atoms with van der Waals surface area (Å²) in [4.78, 5) is 22.3. The predicted molar refractivity (Wildman–Crippen MR) is 87.6 cm³/mol. The molecule has 23 heavy (non-hydrogen) atoms. The van der Waals surface area contributed by atoms with Crippen molar-refractivity contribution >= 4 is 29.0 Å². The van der Waals surface area contributed by atoms with Gasteiger partial charge in [-0.1, -0.05) is 11.8 Å². The van der Waals surface area contributed by atoms with Crippen molar-refractivity contribution in [2.45, 2.75) is 32.5 Å². The van der Waals surface area contributed by atoms with Crippen LogP contribution >= 0.6 is 11.8 Å². The van der Waals surface area contributed by atoms with Crippen molar-refractivity contribution < 1.29 is 9.72 Å². The van der Waals surface area contributed by atoms with E-state index in [2.05, 4.69) is 15.5 Å². The van der Waals surface area contributed by atoms with E-state index in [4.69, 9.17) is 0 Å². The van der Waals surface area contributed by atoms with Crippen molar-refractivity contribution in [2.24, 2.45) is 0 Å². The number of aromatic nitrogens is 3. The summed E-state index contributed by atoms with van der Waals surface area (Å²) in [6.07, 6.45) is 0. The molecule has 1 N–H and O–H groups in total. The van der Waals surface area contributed by atoms with Crippen LogP contribution in [0.25, 0.3) is 0 Å². The molecule has 1 aromatic carbocycles. The lowest BCUT2D eigenvalue weighted by molar-refractivity contribution is -0.384. The van der Waals surface area contributed by atoms with E-state index >= 15 is 0 Å². The summed E-state index contributed by atoms with van der Waals surface area (Å²) in [6.45, 7) is 6.30. The number of non-ortho nitro benzene ring substituents is 1. The lowest BCUT2D eigenvalue weighted by Crippen LogP contribution is -2.15. The van der Waals surface area contributed by atoms with Crippen LogP contribution in [0, 0.1) is 24.0 Å². The summed E-state index contributed by atoms with van der Waals surface area (Å²) in [5, 5.41) is 22.2. The van der Waals surface area contributed by atoms with Gasteiger partial charge in [0.1, 0.15) is 5.82 Å². The third-order valence-electron chi connectivity index (χ3n) is 3.25. The van der Waals surface area contributed by atoms with E-state index in [-0.39, 0.29) is 17.3 Å². The number of carbonyl (C=O) groups is 1. The van der Waals surface area contributed by atoms with Gasteiger partial charge in [-0.15, -0.1) is 10.2 Å². The smallest absolute Gasteiger partial charge is 0.269 e. The van der Waals surface area contributed by atoms with Crippen LogP contribution in [0.15, 0.2) is 23.4 Å². The van der Waals surface area contributed by atoms with E-state index in [0.717, 1.165) is 12.4 Å². The average Bonchev–Trinajstić information content (AvgIpc) is 2.87. The van der Waals surface area contributed by atoms with Crippen molar-refractivity contribution in [3.8, 4) is 0 Å². The molecule has 9 heteroatoms. The number of carbonyl (C=O) groups excluding carboxylic acids is 1. The molecular formula is C14H17N5O3S. The number of rotatable bonds is 6. The van der Waals surface area contributed by atoms with Crippen molar-refractivity contribution in [2.75, 3.05) is 11.1 Å². The van der Waals surface area contributed by atoms with Gasteiger partial charge in [0.15, 0.2) is 5.16 Å². The van der Waals surface area contributed by atoms with Crippen molar-refractivity contribution in [1.82, 2.24) is 14.8 Å². The summed E-state index contributed by atoms with van der Waals surface area (Å²) in [5.74, 6) is 0.797. The lowest BCUT2D eigenvalue weighted by atomic mass is 10.2. The summed E-state index contributed by atoms with van der Waals surface area (Å²) >= 11 is 1.30. The predicted octanol–water partition coefficient (Wildman–Crippen LogP) is 2.55. The monoisotopic (exact) mass is 335 g/mol. The molecule has 8 nitrogen and oxygen atoms in total. The molecule has 0 saturated heterocycles. The Balaban J connectivity index is 1.98. The standard InChI is InChI=1S/C14H17N5O3S/c1-4-18-10(3)16-17-14(18)23-8-13(20)15-12-6-5-11(19(21)22)7-9(12)2/h5-7H,4,8H2,1-3H3,(H,15,20). The first-order chi connectivity index (χ1) is 10.9. The maximum atomic E-state index is 12.0.